The van der Waals surface area contributed by atoms with Crippen molar-refractivity contribution >= 4 is 5.97 Å². The maximum atomic E-state index is 11.6. The topological polar surface area (TPSA) is 61.3 Å². The van der Waals surface area contributed by atoms with E-state index < -0.39 is 18.1 Å². The highest BCUT2D eigenvalue weighted by Crippen LogP contribution is 2.11. The molecule has 0 bridgehead atoms. The zero-order valence-electron chi connectivity index (χ0n) is 11.9. The Balaban J connectivity index is 2.78. The summed E-state index contributed by atoms with van der Waals surface area (Å²) in [6.45, 7) is 2.92. The van der Waals surface area contributed by atoms with Crippen molar-refractivity contribution in [2.45, 2.75) is 26.4 Å². The van der Waals surface area contributed by atoms with Crippen LogP contribution in [-0.2, 0) is 4.74 Å². The van der Waals surface area contributed by atoms with Crippen LogP contribution in [0.4, 0.5) is 0 Å². The van der Waals surface area contributed by atoms with Gasteiger partial charge in [0.2, 0.25) is 5.88 Å². The first-order valence-electron chi connectivity index (χ1n) is 5.85. The third kappa shape index (κ3) is 4.51. The number of carbonyl (C=O) groups is 1. The quantitative estimate of drug-likeness (QED) is 0.587. The monoisotopic (exact) mass is 236 g/mol. The second-order valence-electron chi connectivity index (χ2n) is 4.09. The highest BCUT2D eigenvalue weighted by Gasteiger charge is 2.19. The Morgan fingerprint density at radius 2 is 2.24 bits per heavy atom. The molecule has 0 atom stereocenters. The largest absolute Gasteiger partial charge is 0.463 e. The van der Waals surface area contributed by atoms with Crippen LogP contribution in [0.25, 0.3) is 0 Å². The Bertz CT molecular complexity index is 501. The van der Waals surface area contributed by atoms with Crippen LogP contribution in [0, 0.1) is 12.3 Å². The molecule has 0 aliphatic rings. The van der Waals surface area contributed by atoms with E-state index in [-0.39, 0.29) is 11.6 Å². The van der Waals surface area contributed by atoms with Crippen LogP contribution in [0.1, 0.15) is 34.0 Å². The summed E-state index contributed by atoms with van der Waals surface area (Å²) in [6, 6.07) is 0. The van der Waals surface area contributed by atoms with Gasteiger partial charge in [-0.25, -0.2) is 14.8 Å². The van der Waals surface area contributed by atoms with E-state index >= 15 is 0 Å². The summed E-state index contributed by atoms with van der Waals surface area (Å²) in [5, 5.41) is 0. The fraction of sp³-hybridized carbons (Fsp3) is 0.417. The van der Waals surface area contributed by atoms with Gasteiger partial charge in [0.15, 0.2) is 12.3 Å². The van der Waals surface area contributed by atoms with Crippen molar-refractivity contribution in [3.8, 4) is 18.2 Å². The smallest absolute Gasteiger partial charge is 0.359 e. The lowest BCUT2D eigenvalue weighted by molar-refractivity contribution is 0.00622. The third-order valence-corrected chi connectivity index (χ3v) is 1.45. The van der Waals surface area contributed by atoms with Gasteiger partial charge in [0, 0.05) is 0 Å². The minimum atomic E-state index is -2.28. The van der Waals surface area contributed by atoms with E-state index in [1.807, 2.05) is 5.92 Å². The molecule has 0 aliphatic heterocycles. The number of esters is 1. The van der Waals surface area contributed by atoms with Gasteiger partial charge < -0.3 is 9.47 Å². The summed E-state index contributed by atoms with van der Waals surface area (Å²) in [6.07, 6.45) is 7.17. The molecule has 0 aromatic carbocycles. The minimum Gasteiger partial charge on any atom is -0.463 e. The van der Waals surface area contributed by atoms with Gasteiger partial charge in [-0.2, -0.15) is 0 Å². The first kappa shape index (κ1) is 10.1. The molecule has 1 rings (SSSR count). The van der Waals surface area contributed by atoms with Crippen molar-refractivity contribution < 1.29 is 17.0 Å². The van der Waals surface area contributed by atoms with Crippen molar-refractivity contribution in [2.75, 3.05) is 6.56 Å². The molecule has 0 radical (unpaired) electrons. The van der Waals surface area contributed by atoms with Gasteiger partial charge in [0.05, 0.1) is 15.1 Å². The fourth-order valence-corrected chi connectivity index (χ4v) is 0.886. The molecule has 0 amide bonds. The normalized spacial score (nSPS) is 13.1. The Labute approximate surface area is 103 Å². The Morgan fingerprint density at radius 1 is 1.53 bits per heavy atom. The van der Waals surface area contributed by atoms with Crippen LogP contribution in [0.15, 0.2) is 12.4 Å². The first-order chi connectivity index (χ1) is 8.63. The van der Waals surface area contributed by atoms with Gasteiger partial charge in [0.25, 0.3) is 0 Å². The summed E-state index contributed by atoms with van der Waals surface area (Å²) in [5.74, 6) is 1.08. The summed E-state index contributed by atoms with van der Waals surface area (Å²) in [7, 11) is 0. The predicted octanol–water partition coefficient (Wildman–Crippen LogP) is 1.44. The number of terminal acetylenes is 1. The van der Waals surface area contributed by atoms with E-state index in [2.05, 4.69) is 9.97 Å². The molecule has 0 fully saturated rings. The van der Waals surface area contributed by atoms with Crippen molar-refractivity contribution in [1.82, 2.24) is 9.97 Å². The molecule has 0 saturated carbocycles. The molecule has 90 valence electrons. The molecule has 5 heteroatoms. The van der Waals surface area contributed by atoms with E-state index in [4.69, 9.17) is 18.6 Å². The van der Waals surface area contributed by atoms with Gasteiger partial charge in [-0.1, -0.05) is 5.92 Å². The second-order valence-corrected chi connectivity index (χ2v) is 4.09. The van der Waals surface area contributed by atoms with Crippen molar-refractivity contribution in [3.05, 3.63) is 18.1 Å². The number of hydrogen-bond acceptors (Lipinski definition) is 5. The summed E-state index contributed by atoms with van der Waals surface area (Å²) < 4.78 is 24.3. The average Bonchev–Trinajstić information content (AvgIpc) is 2.27. The fourth-order valence-electron chi connectivity index (χ4n) is 0.886. The Morgan fingerprint density at radius 3 is 2.71 bits per heavy atom. The number of aromatic nitrogens is 2. The third-order valence-electron chi connectivity index (χ3n) is 1.45. The molecule has 0 saturated heterocycles. The van der Waals surface area contributed by atoms with Gasteiger partial charge in [-0.15, -0.1) is 6.42 Å². The summed E-state index contributed by atoms with van der Waals surface area (Å²) >= 11 is 0. The van der Waals surface area contributed by atoms with Crippen molar-refractivity contribution in [2.24, 2.45) is 0 Å². The van der Waals surface area contributed by atoms with E-state index in [1.165, 1.54) is 0 Å². The SMILES string of the molecule is [2H]C([2H])(C#C)Oc1cnc(C(=O)OC(C)(C)C)cn1. The average molecular weight is 236 g/mol. The molecule has 5 nitrogen and oxygen atoms in total. The molecule has 1 aromatic heterocycles. The molecule has 0 N–H and O–H groups in total. The Kier molecular flexibility index (Phi) is 3.15. The standard InChI is InChI=1S/C12H14N2O3/c1-5-6-16-10-8-13-9(7-14-10)11(15)17-12(2,3)4/h1,7-8H,6H2,2-4H3/i6D2. The van der Waals surface area contributed by atoms with Crippen LogP contribution >= 0.6 is 0 Å². The van der Waals surface area contributed by atoms with E-state index in [0.717, 1.165) is 12.4 Å². The van der Waals surface area contributed by atoms with Gasteiger partial charge >= 0.3 is 5.97 Å². The molecule has 1 heterocycles. The minimum absolute atomic E-state index is 0.00328. The molecule has 0 spiro atoms. The molecule has 1 aromatic rings. The maximum Gasteiger partial charge on any atom is 0.359 e. The van der Waals surface area contributed by atoms with E-state index in [1.54, 1.807) is 20.8 Å². The Hall–Kier alpha value is -2.09. The number of hydrogen-bond donors (Lipinski definition) is 0. The molecule has 0 unspecified atom stereocenters. The number of ether oxygens (including phenoxy) is 2. The zero-order valence-corrected chi connectivity index (χ0v) is 9.85. The van der Waals surface area contributed by atoms with Crippen LogP contribution in [-0.4, -0.2) is 28.1 Å². The lowest BCUT2D eigenvalue weighted by Gasteiger charge is -2.18. The molecular formula is C12H14N2O3. The summed E-state index contributed by atoms with van der Waals surface area (Å²) in [4.78, 5) is 19.2. The van der Waals surface area contributed by atoms with E-state index in [0.29, 0.717) is 0 Å². The van der Waals surface area contributed by atoms with Crippen molar-refractivity contribution in [1.29, 1.82) is 0 Å². The van der Waals surface area contributed by atoms with Crippen LogP contribution in [0.5, 0.6) is 5.88 Å². The zero-order chi connectivity index (χ0) is 14.7. The molecular weight excluding hydrogens is 220 g/mol. The highest BCUT2D eigenvalue weighted by atomic mass is 16.6. The number of nitrogens with zero attached hydrogens (tertiary/aromatic N) is 2. The molecule has 0 aliphatic carbocycles. The van der Waals surface area contributed by atoms with Gasteiger partial charge in [0.1, 0.15) is 5.60 Å². The maximum absolute atomic E-state index is 11.6. The number of rotatable bonds is 3. The van der Waals surface area contributed by atoms with Crippen LogP contribution in [0.2, 0.25) is 0 Å². The first-order valence-corrected chi connectivity index (χ1v) is 4.85. The lowest BCUT2D eigenvalue weighted by Crippen LogP contribution is -2.24. The second kappa shape index (κ2) is 5.30. The van der Waals surface area contributed by atoms with Crippen LogP contribution < -0.4 is 4.74 Å². The van der Waals surface area contributed by atoms with Gasteiger partial charge in [-0.3, -0.25) is 0 Å². The van der Waals surface area contributed by atoms with Crippen LogP contribution in [0.3, 0.4) is 0 Å². The highest BCUT2D eigenvalue weighted by molar-refractivity contribution is 5.87. The predicted molar refractivity (Wildman–Crippen MR) is 61.5 cm³/mol. The summed E-state index contributed by atoms with van der Waals surface area (Å²) in [5.41, 5.74) is -0.627. The molecule has 17 heavy (non-hydrogen) atoms. The van der Waals surface area contributed by atoms with Gasteiger partial charge in [-0.05, 0) is 20.8 Å². The van der Waals surface area contributed by atoms with E-state index in [9.17, 15) is 4.79 Å². The number of carbonyl (C=O) groups excluding carboxylic acids is 1. The lowest BCUT2D eigenvalue weighted by atomic mass is 10.2. The van der Waals surface area contributed by atoms with Crippen molar-refractivity contribution in [3.63, 3.8) is 0 Å².